The highest BCUT2D eigenvalue weighted by Crippen LogP contribution is 2.18. The Balaban J connectivity index is 2.78. The fourth-order valence-corrected chi connectivity index (χ4v) is 1.18. The second-order valence-electron chi connectivity index (χ2n) is 3.44. The first-order valence-electron chi connectivity index (χ1n) is 4.79. The van der Waals surface area contributed by atoms with Crippen molar-refractivity contribution >= 4 is 23.5 Å². The number of aliphatic carboxylic acids is 2. The zero-order chi connectivity index (χ0) is 13.0. The van der Waals surface area contributed by atoms with Gasteiger partial charge < -0.3 is 15.5 Å². The molecule has 6 nitrogen and oxygen atoms in total. The molecule has 0 heterocycles. The highest BCUT2D eigenvalue weighted by molar-refractivity contribution is 6.36. The molecule has 1 aromatic rings. The summed E-state index contributed by atoms with van der Waals surface area (Å²) >= 11 is 0. The summed E-state index contributed by atoms with van der Waals surface area (Å²) < 4.78 is 0. The lowest BCUT2D eigenvalue weighted by Gasteiger charge is -2.07. The zero-order valence-corrected chi connectivity index (χ0v) is 9.01. The van der Waals surface area contributed by atoms with E-state index in [4.69, 9.17) is 10.2 Å². The van der Waals surface area contributed by atoms with Gasteiger partial charge in [0.1, 0.15) is 0 Å². The third-order valence-corrected chi connectivity index (χ3v) is 2.23. The second-order valence-corrected chi connectivity index (χ2v) is 3.44. The summed E-state index contributed by atoms with van der Waals surface area (Å²) in [6.45, 7) is 1.53. The van der Waals surface area contributed by atoms with Gasteiger partial charge in [-0.2, -0.15) is 0 Å². The molecule has 6 heteroatoms. The van der Waals surface area contributed by atoms with Crippen LogP contribution in [0.25, 0.3) is 0 Å². The first-order valence-corrected chi connectivity index (χ1v) is 4.79. The number of rotatable bonds is 3. The maximum Gasteiger partial charge on any atom is 0.394 e. The lowest BCUT2D eigenvalue weighted by atomic mass is 10.0. The number of amides is 1. The molecular formula is C11H11NO5. The third-order valence-electron chi connectivity index (χ3n) is 2.23. The molecular weight excluding hydrogens is 226 g/mol. The lowest BCUT2D eigenvalue weighted by Crippen LogP contribution is -2.21. The standard InChI is InChI=1S/C11H11NO5/c1-6(10(14)15)7-2-4-8(5-3-7)12-9(13)11(16)17/h2-6H,1H3,(H,12,13)(H,14,15)(H,16,17). The van der Waals surface area contributed by atoms with Gasteiger partial charge in [-0.15, -0.1) is 0 Å². The molecule has 0 saturated heterocycles. The van der Waals surface area contributed by atoms with Gasteiger partial charge in [0.05, 0.1) is 5.92 Å². The lowest BCUT2D eigenvalue weighted by molar-refractivity contribution is -0.147. The summed E-state index contributed by atoms with van der Waals surface area (Å²) in [6, 6.07) is 5.96. The van der Waals surface area contributed by atoms with Crippen molar-refractivity contribution < 1.29 is 24.6 Å². The SMILES string of the molecule is CC(C(=O)O)c1ccc(NC(=O)C(=O)O)cc1. The second kappa shape index (κ2) is 5.11. The quantitative estimate of drug-likeness (QED) is 0.677. The zero-order valence-electron chi connectivity index (χ0n) is 9.01. The van der Waals surface area contributed by atoms with Crippen LogP contribution in [0.4, 0.5) is 5.69 Å². The first-order chi connectivity index (χ1) is 7.91. The van der Waals surface area contributed by atoms with Gasteiger partial charge in [-0.1, -0.05) is 12.1 Å². The molecule has 1 atom stereocenters. The van der Waals surface area contributed by atoms with E-state index in [1.54, 1.807) is 0 Å². The minimum Gasteiger partial charge on any atom is -0.481 e. The van der Waals surface area contributed by atoms with Crippen molar-refractivity contribution in [3.8, 4) is 0 Å². The number of anilines is 1. The third kappa shape index (κ3) is 3.30. The molecule has 3 N–H and O–H groups in total. The number of nitrogens with one attached hydrogen (secondary N) is 1. The molecule has 0 saturated carbocycles. The normalized spacial score (nSPS) is 11.6. The Morgan fingerprint density at radius 1 is 1.12 bits per heavy atom. The van der Waals surface area contributed by atoms with Crippen molar-refractivity contribution in [3.05, 3.63) is 29.8 Å². The minimum absolute atomic E-state index is 0.304. The molecule has 1 unspecified atom stereocenters. The number of benzene rings is 1. The first kappa shape index (κ1) is 12.7. The van der Waals surface area contributed by atoms with Crippen LogP contribution >= 0.6 is 0 Å². The van der Waals surface area contributed by atoms with E-state index in [-0.39, 0.29) is 0 Å². The van der Waals surface area contributed by atoms with E-state index in [9.17, 15) is 14.4 Å². The van der Waals surface area contributed by atoms with Crippen molar-refractivity contribution in [2.24, 2.45) is 0 Å². The molecule has 90 valence electrons. The largest absolute Gasteiger partial charge is 0.481 e. The van der Waals surface area contributed by atoms with E-state index in [2.05, 4.69) is 5.32 Å². The van der Waals surface area contributed by atoms with E-state index >= 15 is 0 Å². The van der Waals surface area contributed by atoms with E-state index in [0.29, 0.717) is 11.3 Å². The molecule has 0 bridgehead atoms. The topological polar surface area (TPSA) is 104 Å². The van der Waals surface area contributed by atoms with Crippen molar-refractivity contribution in [3.63, 3.8) is 0 Å². The van der Waals surface area contributed by atoms with Crippen LogP contribution in [0.5, 0.6) is 0 Å². The average molecular weight is 237 g/mol. The number of carbonyl (C=O) groups is 3. The number of carbonyl (C=O) groups excluding carboxylic acids is 1. The molecule has 17 heavy (non-hydrogen) atoms. The molecule has 0 fully saturated rings. The Kier molecular flexibility index (Phi) is 3.82. The molecule has 0 radical (unpaired) electrons. The summed E-state index contributed by atoms with van der Waals surface area (Å²) in [5.41, 5.74) is 0.879. The Morgan fingerprint density at radius 3 is 2.06 bits per heavy atom. The van der Waals surface area contributed by atoms with Gasteiger partial charge in [0, 0.05) is 5.69 Å². The highest BCUT2D eigenvalue weighted by atomic mass is 16.4. The number of hydrogen-bond donors (Lipinski definition) is 3. The van der Waals surface area contributed by atoms with Gasteiger partial charge in [-0.3, -0.25) is 9.59 Å². The van der Waals surface area contributed by atoms with Crippen molar-refractivity contribution in [1.29, 1.82) is 0 Å². The summed E-state index contributed by atoms with van der Waals surface area (Å²) in [5.74, 6) is -4.32. The fourth-order valence-electron chi connectivity index (χ4n) is 1.18. The number of carboxylic acid groups (broad SMARTS) is 2. The van der Waals surface area contributed by atoms with Crippen LogP contribution < -0.4 is 5.32 Å². The average Bonchev–Trinajstić information content (AvgIpc) is 2.28. The molecule has 0 aliphatic rings. The van der Waals surface area contributed by atoms with Crippen LogP contribution in [0.3, 0.4) is 0 Å². The highest BCUT2D eigenvalue weighted by Gasteiger charge is 2.14. The van der Waals surface area contributed by atoms with Gasteiger partial charge in [-0.05, 0) is 24.6 Å². The van der Waals surface area contributed by atoms with Gasteiger partial charge in [0.25, 0.3) is 0 Å². The Labute approximate surface area is 96.9 Å². The van der Waals surface area contributed by atoms with Gasteiger partial charge in [0.15, 0.2) is 0 Å². The predicted octanol–water partition coefficient (Wildman–Crippen LogP) is 0.898. The van der Waals surface area contributed by atoms with Crippen molar-refractivity contribution in [1.82, 2.24) is 0 Å². The molecule has 0 aliphatic carbocycles. The molecule has 1 rings (SSSR count). The van der Waals surface area contributed by atoms with Gasteiger partial charge in [-0.25, -0.2) is 4.79 Å². The van der Waals surface area contributed by atoms with E-state index < -0.39 is 23.8 Å². The van der Waals surface area contributed by atoms with Crippen LogP contribution in [-0.4, -0.2) is 28.1 Å². The summed E-state index contributed by atoms with van der Waals surface area (Å²) in [5, 5.41) is 19.3. The smallest absolute Gasteiger partial charge is 0.394 e. The number of carboxylic acids is 2. The fraction of sp³-hybridized carbons (Fsp3) is 0.182. The van der Waals surface area contributed by atoms with E-state index in [1.165, 1.54) is 31.2 Å². The van der Waals surface area contributed by atoms with Crippen LogP contribution in [0, 0.1) is 0 Å². The van der Waals surface area contributed by atoms with Crippen molar-refractivity contribution in [2.45, 2.75) is 12.8 Å². The van der Waals surface area contributed by atoms with E-state index in [1.807, 2.05) is 0 Å². The monoisotopic (exact) mass is 237 g/mol. The van der Waals surface area contributed by atoms with Crippen molar-refractivity contribution in [2.75, 3.05) is 5.32 Å². The number of hydrogen-bond acceptors (Lipinski definition) is 3. The summed E-state index contributed by atoms with van der Waals surface area (Å²) in [4.78, 5) is 31.8. The summed E-state index contributed by atoms with van der Waals surface area (Å²) in [7, 11) is 0. The van der Waals surface area contributed by atoms with Gasteiger partial charge in [0.2, 0.25) is 0 Å². The van der Waals surface area contributed by atoms with Crippen LogP contribution in [0.2, 0.25) is 0 Å². The van der Waals surface area contributed by atoms with Crippen LogP contribution in [0.1, 0.15) is 18.4 Å². The molecule has 0 aromatic heterocycles. The molecule has 0 aliphatic heterocycles. The molecule has 1 amide bonds. The minimum atomic E-state index is -1.58. The van der Waals surface area contributed by atoms with Crippen LogP contribution in [0.15, 0.2) is 24.3 Å². The van der Waals surface area contributed by atoms with Crippen LogP contribution in [-0.2, 0) is 14.4 Å². The Bertz CT molecular complexity index is 451. The predicted molar refractivity (Wildman–Crippen MR) is 58.8 cm³/mol. The Morgan fingerprint density at radius 2 is 1.65 bits per heavy atom. The maximum absolute atomic E-state index is 10.8. The van der Waals surface area contributed by atoms with Gasteiger partial charge >= 0.3 is 17.8 Å². The Hall–Kier alpha value is -2.37. The molecule has 1 aromatic carbocycles. The molecule has 0 spiro atoms. The van der Waals surface area contributed by atoms with E-state index in [0.717, 1.165) is 0 Å². The summed E-state index contributed by atoms with van der Waals surface area (Å²) in [6.07, 6.45) is 0. The maximum atomic E-state index is 10.8.